The highest BCUT2D eigenvalue weighted by molar-refractivity contribution is 5.76. The second kappa shape index (κ2) is 54.7. The van der Waals surface area contributed by atoms with Crippen molar-refractivity contribution in [1.82, 2.24) is 5.32 Å². The summed E-state index contributed by atoms with van der Waals surface area (Å²) in [5.41, 5.74) is 0. The van der Waals surface area contributed by atoms with Crippen molar-refractivity contribution in [2.75, 3.05) is 13.2 Å². The number of aliphatic hydroxyl groups excluding tert-OH is 2. The molecule has 0 saturated carbocycles. The monoisotopic (exact) mass is 914 g/mol. The largest absolute Gasteiger partial charge is 0.466 e. The highest BCUT2D eigenvalue weighted by Gasteiger charge is 2.18. The molecule has 0 aromatic rings. The zero-order chi connectivity index (χ0) is 47.2. The van der Waals surface area contributed by atoms with Crippen molar-refractivity contribution < 1.29 is 24.5 Å². The third-order valence-corrected chi connectivity index (χ3v) is 13.1. The Morgan fingerprint density at radius 2 is 0.723 bits per heavy atom. The Hall–Kier alpha value is -1.92. The molecule has 2 unspecified atom stereocenters. The molecule has 6 nitrogen and oxygen atoms in total. The number of amides is 1. The molecule has 0 radical (unpaired) electrons. The van der Waals surface area contributed by atoms with Gasteiger partial charge in [0.15, 0.2) is 0 Å². The molecule has 0 aromatic carbocycles. The smallest absolute Gasteiger partial charge is 0.305 e. The first-order valence-corrected chi connectivity index (χ1v) is 28.8. The summed E-state index contributed by atoms with van der Waals surface area (Å²) in [7, 11) is 0. The molecule has 65 heavy (non-hydrogen) atoms. The SMILES string of the molecule is CCCCCCCC/C=C\CCCCCCCCCC(=O)OCCCC/C=C\CCCCCCCC(=O)NC(CO)C(O)/C=C/CCCCCCCCCCCCCCCCCCCC. The van der Waals surface area contributed by atoms with Crippen LogP contribution in [0, 0.1) is 0 Å². The van der Waals surface area contributed by atoms with Crippen LogP contribution in [0.25, 0.3) is 0 Å². The summed E-state index contributed by atoms with van der Waals surface area (Å²) in [5, 5.41) is 23.1. The van der Waals surface area contributed by atoms with Crippen LogP contribution in [0.2, 0.25) is 0 Å². The van der Waals surface area contributed by atoms with Crippen molar-refractivity contribution in [3.05, 3.63) is 36.5 Å². The Balaban J connectivity index is 3.54. The van der Waals surface area contributed by atoms with Gasteiger partial charge in [0.1, 0.15) is 0 Å². The molecular formula is C59H111NO5. The van der Waals surface area contributed by atoms with E-state index in [0.717, 1.165) is 83.5 Å². The van der Waals surface area contributed by atoms with Gasteiger partial charge in [0.05, 0.1) is 25.4 Å². The molecule has 6 heteroatoms. The molecule has 0 rings (SSSR count). The number of carbonyl (C=O) groups is 2. The van der Waals surface area contributed by atoms with Crippen molar-refractivity contribution >= 4 is 11.9 Å². The van der Waals surface area contributed by atoms with Crippen molar-refractivity contribution in [2.45, 2.75) is 315 Å². The summed E-state index contributed by atoms with van der Waals surface area (Å²) in [6, 6.07) is -0.650. The lowest BCUT2D eigenvalue weighted by Gasteiger charge is -2.20. The summed E-state index contributed by atoms with van der Waals surface area (Å²) < 4.78 is 5.45. The normalized spacial score (nSPS) is 12.9. The van der Waals surface area contributed by atoms with Crippen molar-refractivity contribution in [2.24, 2.45) is 0 Å². The highest BCUT2D eigenvalue weighted by atomic mass is 16.5. The molecule has 0 aromatic heterocycles. The van der Waals surface area contributed by atoms with Gasteiger partial charge in [-0.05, 0) is 83.5 Å². The number of esters is 1. The van der Waals surface area contributed by atoms with E-state index in [4.69, 9.17) is 4.74 Å². The predicted octanol–water partition coefficient (Wildman–Crippen LogP) is 17.6. The van der Waals surface area contributed by atoms with Crippen LogP contribution in [0.1, 0.15) is 303 Å². The van der Waals surface area contributed by atoms with Crippen molar-refractivity contribution in [1.29, 1.82) is 0 Å². The molecule has 0 spiro atoms. The Labute approximate surface area is 404 Å². The molecule has 0 aliphatic carbocycles. The number of allylic oxidation sites excluding steroid dienone is 5. The van der Waals surface area contributed by atoms with E-state index >= 15 is 0 Å². The van der Waals surface area contributed by atoms with Gasteiger partial charge in [0, 0.05) is 12.8 Å². The summed E-state index contributed by atoms with van der Waals surface area (Å²) in [6.45, 7) is 4.83. The van der Waals surface area contributed by atoms with E-state index < -0.39 is 12.1 Å². The fraction of sp³-hybridized carbons (Fsp3) is 0.864. The number of carbonyl (C=O) groups excluding carboxylic acids is 2. The summed E-state index contributed by atoms with van der Waals surface area (Å²) in [4.78, 5) is 24.5. The minimum absolute atomic E-state index is 0.0362. The quantitative estimate of drug-likeness (QED) is 0.0321. The molecule has 0 heterocycles. The zero-order valence-electron chi connectivity index (χ0n) is 43.5. The standard InChI is InChI=1S/C59H111NO5/c1-3-5-7-9-11-13-15-17-19-21-22-23-25-26-28-31-35-39-43-47-51-57(62)56(55-61)60-58(63)52-48-44-40-36-32-30-34-38-42-46-50-54-65-59(64)53-49-45-41-37-33-29-27-24-20-18-16-14-12-10-8-6-4-2/h18,20,34,38,47,51,56-57,61-62H,3-17,19,21-33,35-37,39-46,48-50,52-55H2,1-2H3,(H,60,63)/b20-18-,38-34-,51-47+. The number of hydrogen-bond acceptors (Lipinski definition) is 5. The average Bonchev–Trinajstić information content (AvgIpc) is 3.31. The van der Waals surface area contributed by atoms with Gasteiger partial charge in [-0.2, -0.15) is 0 Å². The Morgan fingerprint density at radius 1 is 0.415 bits per heavy atom. The number of unbranched alkanes of at least 4 members (excludes halogenated alkanes) is 38. The molecule has 382 valence electrons. The maximum atomic E-state index is 12.5. The van der Waals surface area contributed by atoms with E-state index in [1.165, 1.54) is 193 Å². The van der Waals surface area contributed by atoms with Gasteiger partial charge in [0.25, 0.3) is 0 Å². The molecule has 0 fully saturated rings. The van der Waals surface area contributed by atoms with Gasteiger partial charge in [-0.15, -0.1) is 0 Å². The predicted molar refractivity (Wildman–Crippen MR) is 283 cm³/mol. The van der Waals surface area contributed by atoms with Crippen LogP contribution in [-0.4, -0.2) is 47.4 Å². The van der Waals surface area contributed by atoms with Gasteiger partial charge in [0.2, 0.25) is 5.91 Å². The minimum Gasteiger partial charge on any atom is -0.466 e. The lowest BCUT2D eigenvalue weighted by molar-refractivity contribution is -0.143. The van der Waals surface area contributed by atoms with Crippen molar-refractivity contribution in [3.8, 4) is 0 Å². The first-order valence-electron chi connectivity index (χ1n) is 28.8. The summed E-state index contributed by atoms with van der Waals surface area (Å²) >= 11 is 0. The molecule has 0 aliphatic heterocycles. The molecule has 2 atom stereocenters. The zero-order valence-corrected chi connectivity index (χ0v) is 43.5. The molecular weight excluding hydrogens is 803 g/mol. The van der Waals surface area contributed by atoms with Gasteiger partial charge in [-0.1, -0.05) is 243 Å². The fourth-order valence-electron chi connectivity index (χ4n) is 8.68. The third-order valence-electron chi connectivity index (χ3n) is 13.1. The number of nitrogens with one attached hydrogen (secondary N) is 1. The maximum Gasteiger partial charge on any atom is 0.305 e. The molecule has 0 bridgehead atoms. The first kappa shape index (κ1) is 63.1. The van der Waals surface area contributed by atoms with Crippen LogP contribution in [-0.2, 0) is 14.3 Å². The number of hydrogen-bond donors (Lipinski definition) is 3. The Morgan fingerprint density at radius 3 is 1.09 bits per heavy atom. The number of ether oxygens (including phenoxy) is 1. The number of aliphatic hydroxyl groups is 2. The van der Waals surface area contributed by atoms with E-state index in [-0.39, 0.29) is 18.5 Å². The van der Waals surface area contributed by atoms with Gasteiger partial charge in [-0.3, -0.25) is 9.59 Å². The van der Waals surface area contributed by atoms with Crippen LogP contribution < -0.4 is 5.32 Å². The molecule has 1 amide bonds. The van der Waals surface area contributed by atoms with Gasteiger partial charge in [-0.25, -0.2) is 0 Å². The van der Waals surface area contributed by atoms with Crippen molar-refractivity contribution in [3.63, 3.8) is 0 Å². The van der Waals surface area contributed by atoms with Crippen LogP contribution in [0.5, 0.6) is 0 Å². The van der Waals surface area contributed by atoms with E-state index in [1.807, 2.05) is 6.08 Å². The maximum absolute atomic E-state index is 12.5. The van der Waals surface area contributed by atoms with Crippen LogP contribution in [0.3, 0.4) is 0 Å². The van der Waals surface area contributed by atoms with Crippen LogP contribution >= 0.6 is 0 Å². The van der Waals surface area contributed by atoms with Gasteiger partial charge < -0.3 is 20.3 Å². The lowest BCUT2D eigenvalue weighted by atomic mass is 10.0. The van der Waals surface area contributed by atoms with E-state index in [9.17, 15) is 19.8 Å². The second-order valence-electron chi connectivity index (χ2n) is 19.6. The van der Waals surface area contributed by atoms with Crippen LogP contribution in [0.4, 0.5) is 0 Å². The lowest BCUT2D eigenvalue weighted by Crippen LogP contribution is -2.45. The van der Waals surface area contributed by atoms with Crippen LogP contribution in [0.15, 0.2) is 36.5 Å². The Bertz CT molecular complexity index is 1060. The number of rotatable bonds is 53. The first-order chi connectivity index (χ1) is 32.0. The molecule has 0 saturated heterocycles. The summed E-state index contributed by atoms with van der Waals surface area (Å²) in [6.07, 6.45) is 67.3. The van der Waals surface area contributed by atoms with E-state index in [0.29, 0.717) is 19.4 Å². The van der Waals surface area contributed by atoms with Gasteiger partial charge >= 0.3 is 5.97 Å². The highest BCUT2D eigenvalue weighted by Crippen LogP contribution is 2.16. The molecule has 3 N–H and O–H groups in total. The minimum atomic E-state index is -0.864. The summed E-state index contributed by atoms with van der Waals surface area (Å²) in [5.74, 6) is -0.132. The molecule has 0 aliphatic rings. The van der Waals surface area contributed by atoms with E-state index in [1.54, 1.807) is 6.08 Å². The second-order valence-corrected chi connectivity index (χ2v) is 19.6. The third kappa shape index (κ3) is 51.3. The Kier molecular flexibility index (Phi) is 53.1. The average molecular weight is 915 g/mol. The fourth-order valence-corrected chi connectivity index (χ4v) is 8.68. The van der Waals surface area contributed by atoms with E-state index in [2.05, 4.69) is 43.5 Å². The topological polar surface area (TPSA) is 95.9 Å².